The molecule has 2 heterocycles. The van der Waals surface area contributed by atoms with Gasteiger partial charge in [-0.05, 0) is 12.1 Å². The summed E-state index contributed by atoms with van der Waals surface area (Å²) in [5, 5.41) is 5.12. The number of hydrogen-bond donors (Lipinski definition) is 1. The Balaban J connectivity index is 2.17. The van der Waals surface area contributed by atoms with Crippen molar-refractivity contribution in [2.45, 2.75) is 4.90 Å². The van der Waals surface area contributed by atoms with Crippen molar-refractivity contribution >= 4 is 15.7 Å². The van der Waals surface area contributed by atoms with Gasteiger partial charge in [0, 0.05) is 30.2 Å². The molecular formula is C13H12N4O3S. The molecule has 0 aliphatic rings. The number of rotatable bonds is 3. The molecule has 0 saturated heterocycles. The van der Waals surface area contributed by atoms with Gasteiger partial charge in [-0.25, -0.2) is 18.5 Å². The third-order valence-electron chi connectivity index (χ3n) is 3.04. The standard InChI is InChI=1S/C13H12N4O3S/c1-20-12-6-9(21(14,18)19)2-3-10(12)11-8-17-5-4-15-7-13(17)16-11/h2-8H,1H3,(H2,14,18,19). The number of fused-ring (bicyclic) bond motifs is 1. The second-order valence-corrected chi connectivity index (χ2v) is 5.94. The van der Waals surface area contributed by atoms with Crippen molar-refractivity contribution < 1.29 is 13.2 Å². The van der Waals surface area contributed by atoms with Crippen LogP contribution < -0.4 is 9.88 Å². The molecule has 2 aromatic heterocycles. The van der Waals surface area contributed by atoms with E-state index in [4.69, 9.17) is 9.88 Å². The van der Waals surface area contributed by atoms with Gasteiger partial charge in [0.25, 0.3) is 0 Å². The number of primary sulfonamides is 1. The SMILES string of the molecule is COc1cc(S(N)(=O)=O)ccc1-c1cn2ccncc2n1. The van der Waals surface area contributed by atoms with Gasteiger partial charge in [0.1, 0.15) is 5.75 Å². The summed E-state index contributed by atoms with van der Waals surface area (Å²) < 4.78 is 29.8. The molecule has 21 heavy (non-hydrogen) atoms. The number of nitrogens with two attached hydrogens (primary N) is 1. The van der Waals surface area contributed by atoms with Crippen molar-refractivity contribution in [3.05, 3.63) is 43.0 Å². The van der Waals surface area contributed by atoms with Gasteiger partial charge in [-0.2, -0.15) is 0 Å². The lowest BCUT2D eigenvalue weighted by atomic mass is 10.1. The van der Waals surface area contributed by atoms with Crippen LogP contribution in [-0.2, 0) is 10.0 Å². The molecular weight excluding hydrogens is 292 g/mol. The van der Waals surface area contributed by atoms with E-state index in [9.17, 15) is 8.42 Å². The minimum atomic E-state index is -3.77. The molecule has 0 bridgehead atoms. The fourth-order valence-corrected chi connectivity index (χ4v) is 2.56. The lowest BCUT2D eigenvalue weighted by Crippen LogP contribution is -2.12. The molecule has 0 atom stereocenters. The summed E-state index contributed by atoms with van der Waals surface area (Å²) in [5.74, 6) is 0.387. The van der Waals surface area contributed by atoms with Crippen molar-refractivity contribution in [1.82, 2.24) is 14.4 Å². The molecule has 0 spiro atoms. The minimum Gasteiger partial charge on any atom is -0.496 e. The van der Waals surface area contributed by atoms with E-state index in [2.05, 4.69) is 9.97 Å². The zero-order valence-electron chi connectivity index (χ0n) is 11.1. The summed E-state index contributed by atoms with van der Waals surface area (Å²) in [5.41, 5.74) is 2.01. The van der Waals surface area contributed by atoms with Gasteiger partial charge >= 0.3 is 0 Å². The summed E-state index contributed by atoms with van der Waals surface area (Å²) in [6.45, 7) is 0. The highest BCUT2D eigenvalue weighted by atomic mass is 32.2. The van der Waals surface area contributed by atoms with Crippen LogP contribution in [0, 0.1) is 0 Å². The Kier molecular flexibility index (Phi) is 3.11. The molecule has 0 unspecified atom stereocenters. The zero-order valence-corrected chi connectivity index (χ0v) is 11.9. The monoisotopic (exact) mass is 304 g/mol. The molecule has 0 aliphatic carbocycles. The highest BCUT2D eigenvalue weighted by Crippen LogP contribution is 2.31. The van der Waals surface area contributed by atoms with Gasteiger partial charge in [0.2, 0.25) is 10.0 Å². The average Bonchev–Trinajstić information content (AvgIpc) is 2.89. The Morgan fingerprint density at radius 3 is 2.81 bits per heavy atom. The van der Waals surface area contributed by atoms with E-state index in [-0.39, 0.29) is 4.90 Å². The van der Waals surface area contributed by atoms with Crippen LogP contribution in [0.1, 0.15) is 0 Å². The lowest BCUT2D eigenvalue weighted by molar-refractivity contribution is 0.415. The highest BCUT2D eigenvalue weighted by Gasteiger charge is 2.15. The highest BCUT2D eigenvalue weighted by molar-refractivity contribution is 7.89. The van der Waals surface area contributed by atoms with E-state index in [0.29, 0.717) is 22.7 Å². The largest absolute Gasteiger partial charge is 0.496 e. The first-order valence-corrected chi connectivity index (χ1v) is 7.53. The Labute approximate surface area is 121 Å². The molecule has 3 rings (SSSR count). The summed E-state index contributed by atoms with van der Waals surface area (Å²) in [6, 6.07) is 4.43. The van der Waals surface area contributed by atoms with Crippen LogP contribution in [0.2, 0.25) is 0 Å². The average molecular weight is 304 g/mol. The number of sulfonamides is 1. The van der Waals surface area contributed by atoms with E-state index >= 15 is 0 Å². The first-order valence-electron chi connectivity index (χ1n) is 5.99. The maximum atomic E-state index is 11.4. The Morgan fingerprint density at radius 2 is 2.14 bits per heavy atom. The predicted octanol–water partition coefficient (Wildman–Crippen LogP) is 1.05. The van der Waals surface area contributed by atoms with E-state index in [0.717, 1.165) is 0 Å². The lowest BCUT2D eigenvalue weighted by Gasteiger charge is -2.07. The fourth-order valence-electron chi connectivity index (χ4n) is 2.03. The minimum absolute atomic E-state index is 0.00599. The van der Waals surface area contributed by atoms with Gasteiger partial charge < -0.3 is 9.14 Å². The molecule has 0 fully saturated rings. The zero-order chi connectivity index (χ0) is 15.0. The number of benzene rings is 1. The van der Waals surface area contributed by atoms with Crippen LogP contribution in [0.3, 0.4) is 0 Å². The third kappa shape index (κ3) is 2.46. The molecule has 0 amide bonds. The number of ether oxygens (including phenoxy) is 1. The number of imidazole rings is 1. The summed E-state index contributed by atoms with van der Waals surface area (Å²) in [7, 11) is -2.31. The molecule has 3 aromatic rings. The Hall–Kier alpha value is -2.45. The van der Waals surface area contributed by atoms with Crippen LogP contribution in [0.25, 0.3) is 16.9 Å². The summed E-state index contributed by atoms with van der Waals surface area (Å²) >= 11 is 0. The van der Waals surface area contributed by atoms with Crippen molar-refractivity contribution in [3.63, 3.8) is 0 Å². The van der Waals surface area contributed by atoms with E-state index in [1.54, 1.807) is 24.7 Å². The van der Waals surface area contributed by atoms with Gasteiger partial charge in [-0.3, -0.25) is 4.98 Å². The van der Waals surface area contributed by atoms with Crippen LogP contribution in [0.15, 0.2) is 47.9 Å². The van der Waals surface area contributed by atoms with E-state index in [1.165, 1.54) is 19.2 Å². The molecule has 7 nitrogen and oxygen atoms in total. The molecule has 0 saturated carbocycles. The van der Waals surface area contributed by atoms with Crippen molar-refractivity contribution in [2.75, 3.05) is 7.11 Å². The smallest absolute Gasteiger partial charge is 0.238 e. The molecule has 0 aliphatic heterocycles. The normalized spacial score (nSPS) is 11.7. The van der Waals surface area contributed by atoms with Crippen molar-refractivity contribution in [3.8, 4) is 17.0 Å². The number of methoxy groups -OCH3 is 1. The van der Waals surface area contributed by atoms with Crippen molar-refractivity contribution in [1.29, 1.82) is 0 Å². The van der Waals surface area contributed by atoms with Gasteiger partial charge in [0.15, 0.2) is 5.65 Å². The molecule has 2 N–H and O–H groups in total. The van der Waals surface area contributed by atoms with E-state index < -0.39 is 10.0 Å². The number of hydrogen-bond acceptors (Lipinski definition) is 5. The van der Waals surface area contributed by atoms with Crippen LogP contribution in [0.5, 0.6) is 5.75 Å². The first-order chi connectivity index (χ1) is 9.99. The fraction of sp³-hybridized carbons (Fsp3) is 0.0769. The Morgan fingerprint density at radius 1 is 1.33 bits per heavy atom. The van der Waals surface area contributed by atoms with Gasteiger partial charge in [-0.1, -0.05) is 0 Å². The third-order valence-corrected chi connectivity index (χ3v) is 3.95. The second kappa shape index (κ2) is 4.83. The van der Waals surface area contributed by atoms with Crippen LogP contribution in [-0.4, -0.2) is 29.9 Å². The van der Waals surface area contributed by atoms with Crippen LogP contribution in [0.4, 0.5) is 0 Å². The summed E-state index contributed by atoms with van der Waals surface area (Å²) in [4.78, 5) is 8.42. The van der Waals surface area contributed by atoms with Crippen molar-refractivity contribution in [2.24, 2.45) is 5.14 Å². The quantitative estimate of drug-likeness (QED) is 0.779. The topological polar surface area (TPSA) is 99.6 Å². The van der Waals surface area contributed by atoms with Crippen LogP contribution >= 0.6 is 0 Å². The predicted molar refractivity (Wildman–Crippen MR) is 76.3 cm³/mol. The molecule has 8 heteroatoms. The maximum absolute atomic E-state index is 11.4. The van der Waals surface area contributed by atoms with Gasteiger partial charge in [0.05, 0.1) is 23.9 Å². The van der Waals surface area contributed by atoms with E-state index in [1.807, 2.05) is 10.6 Å². The number of aromatic nitrogens is 3. The Bertz CT molecular complexity index is 885. The maximum Gasteiger partial charge on any atom is 0.238 e. The summed E-state index contributed by atoms with van der Waals surface area (Å²) in [6.07, 6.45) is 6.87. The molecule has 108 valence electrons. The molecule has 1 aromatic carbocycles. The number of nitrogens with zero attached hydrogens (tertiary/aromatic N) is 3. The molecule has 0 radical (unpaired) electrons. The first kappa shape index (κ1) is 13.5. The second-order valence-electron chi connectivity index (χ2n) is 4.38. The van der Waals surface area contributed by atoms with Gasteiger partial charge in [-0.15, -0.1) is 0 Å².